The first-order valence-electron chi connectivity index (χ1n) is 11.2. The molecule has 1 aliphatic carbocycles. The quantitative estimate of drug-likeness (QED) is 0.328. The molecule has 1 aliphatic heterocycles. The lowest BCUT2D eigenvalue weighted by Crippen LogP contribution is -2.41. The molecule has 1 saturated carbocycles. The van der Waals surface area contributed by atoms with E-state index in [4.69, 9.17) is 4.74 Å². The topological polar surface area (TPSA) is 106 Å². The van der Waals surface area contributed by atoms with Crippen LogP contribution in [0.25, 0.3) is 6.08 Å². The van der Waals surface area contributed by atoms with Crippen molar-refractivity contribution < 1.29 is 41.4 Å². The van der Waals surface area contributed by atoms with Crippen LogP contribution in [-0.4, -0.2) is 35.7 Å². The molecule has 4 amide bonds. The molecule has 2 aromatic rings. The lowest BCUT2D eigenvalue weighted by Gasteiger charge is -2.29. The predicted octanol–water partition coefficient (Wildman–Crippen LogP) is 5.56. The summed E-state index contributed by atoms with van der Waals surface area (Å²) in [7, 11) is 0. The highest BCUT2D eigenvalue weighted by atomic mass is 32.2. The first-order chi connectivity index (χ1) is 17.5. The van der Waals surface area contributed by atoms with Gasteiger partial charge in [0.2, 0.25) is 0 Å². The van der Waals surface area contributed by atoms with Crippen LogP contribution in [0.2, 0.25) is 0 Å². The van der Waals surface area contributed by atoms with Crippen LogP contribution < -0.4 is 25.4 Å². The highest BCUT2D eigenvalue weighted by molar-refractivity contribution is 8.18. The second-order valence-corrected chi connectivity index (χ2v) is 9.32. The van der Waals surface area contributed by atoms with E-state index in [1.54, 1.807) is 30.3 Å². The van der Waals surface area contributed by atoms with E-state index in [0.717, 1.165) is 35.5 Å². The molecular weight excluding hydrogens is 518 g/mol. The number of rotatable bonds is 6. The van der Waals surface area contributed by atoms with Crippen molar-refractivity contribution in [1.82, 2.24) is 10.6 Å². The average Bonchev–Trinajstić information content (AvgIpc) is 3.14. The van der Waals surface area contributed by atoms with Crippen molar-refractivity contribution in [2.45, 2.75) is 44.2 Å². The summed E-state index contributed by atoms with van der Waals surface area (Å²) in [4.78, 5) is 35.5. The fraction of sp³-hybridized carbons (Fsp3) is 0.292. The van der Waals surface area contributed by atoms with Gasteiger partial charge in [0.15, 0.2) is 11.6 Å². The van der Waals surface area contributed by atoms with Crippen LogP contribution in [-0.2, 0) is 4.79 Å². The van der Waals surface area contributed by atoms with Crippen LogP contribution in [0.5, 0.6) is 11.5 Å². The Labute approximate surface area is 212 Å². The number of hydrogen-bond acceptors (Lipinski definition) is 6. The van der Waals surface area contributed by atoms with Crippen molar-refractivity contribution in [3.05, 3.63) is 58.8 Å². The third-order valence-electron chi connectivity index (χ3n) is 5.55. The average molecular weight is 540 g/mol. The third-order valence-corrected chi connectivity index (χ3v) is 6.36. The summed E-state index contributed by atoms with van der Waals surface area (Å²) < 4.78 is 60.1. The second-order valence-electron chi connectivity index (χ2n) is 8.30. The molecule has 0 aromatic heterocycles. The van der Waals surface area contributed by atoms with Gasteiger partial charge in [0.25, 0.3) is 11.1 Å². The Bertz CT molecular complexity index is 1210. The minimum Gasteiger partial charge on any atom is -0.490 e. The SMILES string of the molecule is O=C(Nc1ccc(OC(F)(F)F)c(F)c1)NC1CCC(Oc2ccc(/C=C3/SC(=O)NC3=O)cc2)CC1. The molecule has 2 fully saturated rings. The first kappa shape index (κ1) is 26.3. The molecule has 1 heterocycles. The number of carbonyl (C=O) groups excluding carboxylic acids is 3. The lowest BCUT2D eigenvalue weighted by molar-refractivity contribution is -0.275. The van der Waals surface area contributed by atoms with Gasteiger partial charge in [-0.2, -0.15) is 0 Å². The van der Waals surface area contributed by atoms with Crippen LogP contribution >= 0.6 is 11.8 Å². The van der Waals surface area contributed by atoms with Crippen molar-refractivity contribution in [3.63, 3.8) is 0 Å². The number of ether oxygens (including phenoxy) is 2. The molecule has 37 heavy (non-hydrogen) atoms. The van der Waals surface area contributed by atoms with Gasteiger partial charge in [0, 0.05) is 17.8 Å². The van der Waals surface area contributed by atoms with Crippen molar-refractivity contribution in [3.8, 4) is 11.5 Å². The molecule has 0 atom stereocenters. The smallest absolute Gasteiger partial charge is 0.490 e. The standard InChI is InChI=1S/C24H21F4N3O5S/c25-18-12-15(5-10-19(18)36-24(26,27)28)30-22(33)29-14-3-8-17(9-4-14)35-16-6-1-13(2-7-16)11-20-21(32)31-23(34)37-20/h1-2,5-7,10-12,14,17H,3-4,8-9H2,(H2,29,30,33)(H,31,32,34)/b20-11+. The Balaban J connectivity index is 1.21. The molecule has 1 saturated heterocycles. The van der Waals surface area contributed by atoms with Gasteiger partial charge in [0.1, 0.15) is 5.75 Å². The zero-order valence-electron chi connectivity index (χ0n) is 19.1. The normalized spacial score (nSPS) is 20.9. The fourth-order valence-electron chi connectivity index (χ4n) is 3.87. The first-order valence-corrected chi connectivity index (χ1v) is 12.0. The van der Waals surface area contributed by atoms with Gasteiger partial charge in [-0.1, -0.05) is 12.1 Å². The molecule has 0 spiro atoms. The molecule has 13 heteroatoms. The summed E-state index contributed by atoms with van der Waals surface area (Å²) in [5.74, 6) is -2.01. The molecule has 8 nitrogen and oxygen atoms in total. The van der Waals surface area contributed by atoms with E-state index in [1.807, 2.05) is 0 Å². The van der Waals surface area contributed by atoms with Crippen LogP contribution in [0.3, 0.4) is 0 Å². The van der Waals surface area contributed by atoms with E-state index in [2.05, 4.69) is 20.7 Å². The van der Waals surface area contributed by atoms with E-state index in [1.165, 1.54) is 0 Å². The summed E-state index contributed by atoms with van der Waals surface area (Å²) in [6, 6.07) is 8.99. The molecule has 0 unspecified atom stereocenters. The monoisotopic (exact) mass is 539 g/mol. The Morgan fingerprint density at radius 1 is 1.05 bits per heavy atom. The van der Waals surface area contributed by atoms with Crippen molar-refractivity contribution in [1.29, 1.82) is 0 Å². The van der Waals surface area contributed by atoms with Gasteiger partial charge in [-0.15, -0.1) is 13.2 Å². The van der Waals surface area contributed by atoms with Crippen LogP contribution in [0.15, 0.2) is 47.4 Å². The van der Waals surface area contributed by atoms with Gasteiger partial charge in [-0.3, -0.25) is 14.9 Å². The lowest BCUT2D eigenvalue weighted by atomic mass is 9.93. The summed E-state index contributed by atoms with van der Waals surface area (Å²) in [6.45, 7) is 0. The Morgan fingerprint density at radius 3 is 2.35 bits per heavy atom. The minimum atomic E-state index is -5.02. The summed E-state index contributed by atoms with van der Waals surface area (Å²) in [6.07, 6.45) is -0.843. The van der Waals surface area contributed by atoms with Crippen LogP contribution in [0, 0.1) is 5.82 Å². The molecule has 196 valence electrons. The van der Waals surface area contributed by atoms with E-state index in [9.17, 15) is 31.9 Å². The Morgan fingerprint density at radius 2 is 1.76 bits per heavy atom. The molecule has 3 N–H and O–H groups in total. The zero-order valence-corrected chi connectivity index (χ0v) is 19.9. The molecular formula is C24H21F4N3O5S. The Hall–Kier alpha value is -3.74. The molecule has 4 rings (SSSR count). The highest BCUT2D eigenvalue weighted by Crippen LogP contribution is 2.29. The Kier molecular flexibility index (Phi) is 7.91. The number of alkyl halides is 3. The van der Waals surface area contributed by atoms with Crippen molar-refractivity contribution >= 4 is 40.7 Å². The van der Waals surface area contributed by atoms with Crippen molar-refractivity contribution in [2.75, 3.05) is 5.32 Å². The van der Waals surface area contributed by atoms with E-state index >= 15 is 0 Å². The molecule has 2 aliphatic rings. The number of hydrogen-bond donors (Lipinski definition) is 3. The van der Waals surface area contributed by atoms with Gasteiger partial charge in [-0.05, 0) is 73.4 Å². The molecule has 2 aromatic carbocycles. The number of benzene rings is 2. The number of thioether (sulfide) groups is 1. The van der Waals surface area contributed by atoms with E-state index in [0.29, 0.717) is 36.3 Å². The number of urea groups is 1. The highest BCUT2D eigenvalue weighted by Gasteiger charge is 2.32. The molecule has 0 bridgehead atoms. The summed E-state index contributed by atoms with van der Waals surface area (Å²) >= 11 is 0.845. The number of imide groups is 1. The zero-order chi connectivity index (χ0) is 26.6. The summed E-state index contributed by atoms with van der Waals surface area (Å²) in [5.41, 5.74) is 0.736. The number of amides is 4. The van der Waals surface area contributed by atoms with Gasteiger partial charge >= 0.3 is 12.4 Å². The van der Waals surface area contributed by atoms with Crippen LogP contribution in [0.1, 0.15) is 31.2 Å². The maximum atomic E-state index is 13.8. The fourth-order valence-corrected chi connectivity index (χ4v) is 4.55. The number of anilines is 1. The van der Waals surface area contributed by atoms with Gasteiger partial charge in [-0.25, -0.2) is 9.18 Å². The second kappa shape index (κ2) is 11.1. The van der Waals surface area contributed by atoms with Crippen LogP contribution in [0.4, 0.5) is 32.8 Å². The number of nitrogens with one attached hydrogen (secondary N) is 3. The van der Waals surface area contributed by atoms with E-state index in [-0.39, 0.29) is 17.8 Å². The number of halogens is 4. The maximum Gasteiger partial charge on any atom is 0.573 e. The summed E-state index contributed by atoms with van der Waals surface area (Å²) in [5, 5.41) is 6.96. The number of carbonyl (C=O) groups is 3. The van der Waals surface area contributed by atoms with Gasteiger partial charge < -0.3 is 20.1 Å². The minimum absolute atomic E-state index is 0.0145. The largest absolute Gasteiger partial charge is 0.573 e. The maximum absolute atomic E-state index is 13.8. The van der Waals surface area contributed by atoms with Crippen molar-refractivity contribution in [2.24, 2.45) is 0 Å². The van der Waals surface area contributed by atoms with E-state index < -0.39 is 35.1 Å². The third kappa shape index (κ3) is 7.62. The molecule has 0 radical (unpaired) electrons. The predicted molar refractivity (Wildman–Crippen MR) is 127 cm³/mol. The van der Waals surface area contributed by atoms with Gasteiger partial charge in [0.05, 0.1) is 11.0 Å².